The largest absolute Gasteiger partial charge is 0.455 e. The number of benzene rings is 2. The molecule has 2 aromatic rings. The van der Waals surface area contributed by atoms with E-state index in [0.29, 0.717) is 23.4 Å². The van der Waals surface area contributed by atoms with Gasteiger partial charge in [0, 0.05) is 36.3 Å². The van der Waals surface area contributed by atoms with Crippen molar-refractivity contribution in [2.24, 2.45) is 0 Å². The van der Waals surface area contributed by atoms with Crippen LogP contribution in [-0.2, 0) is 6.54 Å². The van der Waals surface area contributed by atoms with Crippen LogP contribution in [0.15, 0.2) is 42.5 Å². The average Bonchev–Trinajstić information content (AvgIpc) is 2.89. The van der Waals surface area contributed by atoms with Crippen molar-refractivity contribution in [3.63, 3.8) is 0 Å². The molecule has 0 aliphatic carbocycles. The van der Waals surface area contributed by atoms with Crippen molar-refractivity contribution in [3.8, 4) is 11.5 Å². The Labute approximate surface area is 170 Å². The Morgan fingerprint density at radius 1 is 1.04 bits per heavy atom. The molecule has 2 fully saturated rings. The first-order chi connectivity index (χ1) is 13.7. The maximum Gasteiger partial charge on any atom is 0.325 e. The number of anilines is 1. The molecule has 2 aromatic carbocycles. The lowest BCUT2D eigenvalue weighted by Crippen LogP contribution is -2.58. The molecule has 3 aliphatic rings. The van der Waals surface area contributed by atoms with Gasteiger partial charge in [0.15, 0.2) is 5.75 Å². The van der Waals surface area contributed by atoms with Gasteiger partial charge in [-0.05, 0) is 43.7 Å². The molecule has 5 nitrogen and oxygen atoms in total. The summed E-state index contributed by atoms with van der Waals surface area (Å²) in [4.78, 5) is 20.0. The van der Waals surface area contributed by atoms with Gasteiger partial charge in [-0.25, -0.2) is 4.79 Å². The van der Waals surface area contributed by atoms with Crippen molar-refractivity contribution in [3.05, 3.63) is 53.1 Å². The maximum absolute atomic E-state index is 13.6. The van der Waals surface area contributed by atoms with Crippen molar-refractivity contribution in [1.29, 1.82) is 0 Å². The lowest BCUT2D eigenvalue weighted by Gasteiger charge is -2.45. The van der Waals surface area contributed by atoms with Gasteiger partial charge in [-0.2, -0.15) is 0 Å². The van der Waals surface area contributed by atoms with E-state index in [1.165, 1.54) is 19.3 Å². The van der Waals surface area contributed by atoms with E-state index < -0.39 is 0 Å². The third-order valence-corrected chi connectivity index (χ3v) is 6.31. The van der Waals surface area contributed by atoms with Gasteiger partial charge in [0.05, 0.1) is 12.2 Å². The Balaban J connectivity index is 1.47. The highest BCUT2D eigenvalue weighted by Gasteiger charge is 2.35. The molecule has 2 amide bonds. The molecule has 146 valence electrons. The molecule has 1 atom stereocenters. The van der Waals surface area contributed by atoms with Gasteiger partial charge >= 0.3 is 6.03 Å². The summed E-state index contributed by atoms with van der Waals surface area (Å²) < 4.78 is 6.13. The minimum Gasteiger partial charge on any atom is -0.455 e. The second-order valence-corrected chi connectivity index (χ2v) is 8.26. The van der Waals surface area contributed by atoms with E-state index >= 15 is 0 Å². The normalized spacial score (nSPS) is 21.8. The highest BCUT2D eigenvalue weighted by molar-refractivity contribution is 6.31. The molecular formula is C22H24ClN3O2. The number of fused-ring (bicyclic) bond motifs is 3. The van der Waals surface area contributed by atoms with Crippen molar-refractivity contribution >= 4 is 23.3 Å². The van der Waals surface area contributed by atoms with Crippen LogP contribution < -0.4 is 9.64 Å². The van der Waals surface area contributed by atoms with Crippen LogP contribution in [0.5, 0.6) is 11.5 Å². The van der Waals surface area contributed by atoms with Crippen molar-refractivity contribution < 1.29 is 9.53 Å². The molecule has 1 unspecified atom stereocenters. The summed E-state index contributed by atoms with van der Waals surface area (Å²) in [5.41, 5.74) is 1.74. The number of piperidine rings is 1. The van der Waals surface area contributed by atoms with Gasteiger partial charge in [0.25, 0.3) is 0 Å². The first-order valence-electron chi connectivity index (χ1n) is 10.0. The van der Waals surface area contributed by atoms with E-state index in [1.54, 1.807) is 6.07 Å². The van der Waals surface area contributed by atoms with Crippen LogP contribution in [0, 0.1) is 0 Å². The summed E-state index contributed by atoms with van der Waals surface area (Å²) >= 11 is 6.27. The third-order valence-electron chi connectivity index (χ3n) is 6.07. The highest BCUT2D eigenvalue weighted by atomic mass is 35.5. The molecule has 0 radical (unpaired) electrons. The van der Waals surface area contributed by atoms with E-state index in [2.05, 4.69) is 4.90 Å². The molecule has 6 heteroatoms. The standard InChI is InChI=1S/C22H24ClN3O2/c23-17-8-9-21-19(13-17)26(14-16-5-1-2-7-20(16)28-21)22(27)25-12-11-24-10-4-3-6-18(24)15-25/h1-2,5,7-9,13,18H,3-4,6,10-12,14-15H2. The summed E-state index contributed by atoms with van der Waals surface area (Å²) in [7, 11) is 0. The van der Waals surface area contributed by atoms with Gasteiger partial charge in [0.2, 0.25) is 0 Å². The Bertz CT molecular complexity index is 903. The van der Waals surface area contributed by atoms with Crippen molar-refractivity contribution in [2.75, 3.05) is 31.1 Å². The Morgan fingerprint density at radius 3 is 2.86 bits per heavy atom. The summed E-state index contributed by atoms with van der Waals surface area (Å²) in [6, 6.07) is 13.9. The summed E-state index contributed by atoms with van der Waals surface area (Å²) in [6.45, 7) is 4.17. The number of rotatable bonds is 0. The van der Waals surface area contributed by atoms with Crippen molar-refractivity contribution in [1.82, 2.24) is 9.80 Å². The number of hydrogen-bond donors (Lipinski definition) is 0. The summed E-state index contributed by atoms with van der Waals surface area (Å²) in [5, 5.41) is 0.600. The number of carbonyl (C=O) groups is 1. The predicted molar refractivity (Wildman–Crippen MR) is 110 cm³/mol. The SMILES string of the molecule is O=C(N1CCN2CCCCC2C1)N1Cc2ccccc2Oc2ccc(Cl)cc21. The molecule has 0 aromatic heterocycles. The molecule has 2 saturated heterocycles. The summed E-state index contributed by atoms with van der Waals surface area (Å²) in [5.74, 6) is 1.46. The van der Waals surface area contributed by atoms with E-state index in [4.69, 9.17) is 16.3 Å². The number of para-hydroxylation sites is 1. The minimum atomic E-state index is 0.0362. The third kappa shape index (κ3) is 3.23. The zero-order chi connectivity index (χ0) is 19.1. The molecule has 3 aliphatic heterocycles. The molecule has 0 spiro atoms. The number of urea groups is 1. The van der Waals surface area contributed by atoms with Crippen LogP contribution in [-0.4, -0.2) is 48.1 Å². The van der Waals surface area contributed by atoms with Gasteiger partial charge in [0.1, 0.15) is 5.75 Å². The molecule has 0 bridgehead atoms. The lowest BCUT2D eigenvalue weighted by atomic mass is 10.00. The number of piperazine rings is 1. The second-order valence-electron chi connectivity index (χ2n) is 7.82. The molecular weight excluding hydrogens is 374 g/mol. The Morgan fingerprint density at radius 2 is 1.93 bits per heavy atom. The molecule has 0 saturated carbocycles. The fraction of sp³-hybridized carbons (Fsp3) is 0.409. The zero-order valence-electron chi connectivity index (χ0n) is 15.8. The molecule has 5 rings (SSSR count). The quantitative estimate of drug-likeness (QED) is 0.644. The number of nitrogens with zero attached hydrogens (tertiary/aromatic N) is 3. The lowest BCUT2D eigenvalue weighted by molar-refractivity contribution is 0.0660. The molecule has 0 N–H and O–H groups in total. The average molecular weight is 398 g/mol. The van der Waals surface area contributed by atoms with Gasteiger partial charge < -0.3 is 9.64 Å². The van der Waals surface area contributed by atoms with Gasteiger partial charge in [-0.3, -0.25) is 9.80 Å². The van der Waals surface area contributed by atoms with E-state index in [-0.39, 0.29) is 6.03 Å². The van der Waals surface area contributed by atoms with Crippen LogP contribution in [0.4, 0.5) is 10.5 Å². The Hall–Kier alpha value is -2.24. The molecule has 3 heterocycles. The number of carbonyl (C=O) groups excluding carboxylic acids is 1. The smallest absolute Gasteiger partial charge is 0.325 e. The number of halogens is 1. The highest BCUT2D eigenvalue weighted by Crippen LogP contribution is 2.41. The van der Waals surface area contributed by atoms with E-state index in [1.807, 2.05) is 46.2 Å². The van der Waals surface area contributed by atoms with Crippen LogP contribution in [0.2, 0.25) is 5.02 Å². The first kappa shape index (κ1) is 17.8. The van der Waals surface area contributed by atoms with Crippen LogP contribution in [0.25, 0.3) is 0 Å². The minimum absolute atomic E-state index is 0.0362. The van der Waals surface area contributed by atoms with Crippen LogP contribution in [0.1, 0.15) is 24.8 Å². The van der Waals surface area contributed by atoms with E-state index in [9.17, 15) is 4.79 Å². The molecule has 28 heavy (non-hydrogen) atoms. The van der Waals surface area contributed by atoms with E-state index in [0.717, 1.165) is 43.2 Å². The number of hydrogen-bond acceptors (Lipinski definition) is 3. The topological polar surface area (TPSA) is 36.0 Å². The first-order valence-corrected chi connectivity index (χ1v) is 10.4. The fourth-order valence-corrected chi connectivity index (χ4v) is 4.73. The van der Waals surface area contributed by atoms with Crippen LogP contribution in [0.3, 0.4) is 0 Å². The zero-order valence-corrected chi connectivity index (χ0v) is 16.6. The maximum atomic E-state index is 13.6. The van der Waals surface area contributed by atoms with Gasteiger partial charge in [-0.1, -0.05) is 36.2 Å². The van der Waals surface area contributed by atoms with Crippen molar-refractivity contribution in [2.45, 2.75) is 31.8 Å². The monoisotopic (exact) mass is 397 g/mol. The number of amides is 2. The van der Waals surface area contributed by atoms with Crippen LogP contribution >= 0.6 is 11.6 Å². The Kier molecular flexibility index (Phi) is 4.65. The van der Waals surface area contributed by atoms with Gasteiger partial charge in [-0.15, -0.1) is 0 Å². The number of ether oxygens (including phenoxy) is 1. The second kappa shape index (κ2) is 7.30. The fourth-order valence-electron chi connectivity index (χ4n) is 4.57. The summed E-state index contributed by atoms with van der Waals surface area (Å²) in [6.07, 6.45) is 3.71. The predicted octanol–water partition coefficient (Wildman–Crippen LogP) is 4.74.